The molecule has 5 nitrogen and oxygen atoms in total. The van der Waals surface area contributed by atoms with E-state index in [1.165, 1.54) is 23.5 Å². The summed E-state index contributed by atoms with van der Waals surface area (Å²) in [4.78, 5) is 18.9. The lowest BCUT2D eigenvalue weighted by Crippen LogP contribution is -2.31. The number of carbonyl (C=O) groups excluding carboxylic acids is 1. The van der Waals surface area contributed by atoms with Gasteiger partial charge in [0.25, 0.3) is 5.91 Å². The normalized spacial score (nSPS) is 21.8. The van der Waals surface area contributed by atoms with E-state index in [2.05, 4.69) is 4.98 Å². The van der Waals surface area contributed by atoms with Crippen molar-refractivity contribution < 1.29 is 17.6 Å². The van der Waals surface area contributed by atoms with Crippen LogP contribution in [0.2, 0.25) is 0 Å². The van der Waals surface area contributed by atoms with Gasteiger partial charge in [-0.15, -0.1) is 11.3 Å². The van der Waals surface area contributed by atoms with Gasteiger partial charge < -0.3 is 4.90 Å². The highest BCUT2D eigenvalue weighted by Crippen LogP contribution is 2.46. The molecule has 3 aromatic rings. The molecule has 0 saturated carbocycles. The van der Waals surface area contributed by atoms with Crippen LogP contribution in [0.4, 0.5) is 4.39 Å². The molecule has 29 heavy (non-hydrogen) atoms. The third kappa shape index (κ3) is 2.89. The summed E-state index contributed by atoms with van der Waals surface area (Å²) in [5, 5.41) is 1.88. The van der Waals surface area contributed by atoms with Crippen molar-refractivity contribution >= 4 is 27.1 Å². The maximum atomic E-state index is 13.2. The van der Waals surface area contributed by atoms with Crippen LogP contribution >= 0.6 is 11.3 Å². The Morgan fingerprint density at radius 2 is 1.86 bits per heavy atom. The summed E-state index contributed by atoms with van der Waals surface area (Å²) in [7, 11) is -3.50. The van der Waals surface area contributed by atoms with Crippen molar-refractivity contribution in [1.29, 1.82) is 0 Å². The second-order valence-corrected chi connectivity index (χ2v) is 10.6. The van der Waals surface area contributed by atoms with Crippen molar-refractivity contribution in [1.82, 2.24) is 9.88 Å². The predicted octanol–water partition coefficient (Wildman–Crippen LogP) is 3.65. The zero-order chi connectivity index (χ0) is 20.3. The van der Waals surface area contributed by atoms with E-state index in [4.69, 9.17) is 0 Å². The number of thiazole rings is 1. The molecule has 3 heterocycles. The number of aryl methyl sites for hydroxylation is 1. The summed E-state index contributed by atoms with van der Waals surface area (Å²) < 4.78 is 39.4. The number of nitrogens with zero attached hydrogens (tertiary/aromatic N) is 2. The van der Waals surface area contributed by atoms with E-state index >= 15 is 0 Å². The molecule has 8 heteroatoms. The van der Waals surface area contributed by atoms with Crippen LogP contribution in [0.3, 0.4) is 0 Å². The summed E-state index contributed by atoms with van der Waals surface area (Å²) in [5.41, 5.74) is 2.75. The van der Waals surface area contributed by atoms with E-state index in [0.717, 1.165) is 21.7 Å². The highest BCUT2D eigenvalue weighted by molar-refractivity contribution is 7.92. The number of benzene rings is 2. The Kier molecular flexibility index (Phi) is 4.11. The molecule has 5 rings (SSSR count). The largest absolute Gasteiger partial charge is 0.335 e. The Labute approximate surface area is 171 Å². The number of amides is 1. The summed E-state index contributed by atoms with van der Waals surface area (Å²) in [5.74, 6) is -0.811. The van der Waals surface area contributed by atoms with Crippen LogP contribution < -0.4 is 0 Å². The van der Waals surface area contributed by atoms with Gasteiger partial charge in [-0.2, -0.15) is 0 Å². The van der Waals surface area contributed by atoms with Crippen molar-refractivity contribution in [2.75, 3.05) is 13.1 Å². The molecule has 2 aliphatic heterocycles. The van der Waals surface area contributed by atoms with E-state index in [0.29, 0.717) is 17.1 Å². The molecule has 0 aliphatic carbocycles. The maximum Gasteiger partial charge on any atom is 0.273 e. The smallest absolute Gasteiger partial charge is 0.273 e. The lowest BCUT2D eigenvalue weighted by atomic mass is 9.94. The Morgan fingerprint density at radius 1 is 1.14 bits per heavy atom. The van der Waals surface area contributed by atoms with Crippen LogP contribution in [0.5, 0.6) is 0 Å². The molecule has 0 bridgehead atoms. The molecular weight excluding hydrogens is 411 g/mol. The van der Waals surface area contributed by atoms with Gasteiger partial charge in [-0.25, -0.2) is 17.8 Å². The molecule has 2 atom stereocenters. The van der Waals surface area contributed by atoms with Gasteiger partial charge in [0.15, 0.2) is 9.84 Å². The number of fused-ring (bicyclic) bond motifs is 3. The highest BCUT2D eigenvalue weighted by atomic mass is 32.2. The quantitative estimate of drug-likeness (QED) is 0.625. The van der Waals surface area contributed by atoms with Gasteiger partial charge >= 0.3 is 0 Å². The van der Waals surface area contributed by atoms with Crippen LogP contribution in [0.15, 0.2) is 52.7 Å². The first-order chi connectivity index (χ1) is 13.8. The first-order valence-electron chi connectivity index (χ1n) is 9.20. The number of rotatable bonds is 2. The first kappa shape index (κ1) is 18.4. The van der Waals surface area contributed by atoms with Gasteiger partial charge in [0.1, 0.15) is 11.5 Å². The van der Waals surface area contributed by atoms with Gasteiger partial charge in [0, 0.05) is 24.4 Å². The van der Waals surface area contributed by atoms with Crippen molar-refractivity contribution in [3.05, 3.63) is 69.9 Å². The van der Waals surface area contributed by atoms with Crippen molar-refractivity contribution in [2.45, 2.75) is 23.0 Å². The minimum atomic E-state index is -3.50. The molecular formula is C21H17FN2O3S2. The average molecular weight is 429 g/mol. The number of likely N-dealkylation sites (tertiary alicyclic amines) is 1. The van der Waals surface area contributed by atoms with Gasteiger partial charge in [-0.3, -0.25) is 4.79 Å². The van der Waals surface area contributed by atoms with Crippen molar-refractivity contribution in [3.63, 3.8) is 0 Å². The Bertz CT molecular complexity index is 1240. The van der Waals surface area contributed by atoms with E-state index in [-0.39, 0.29) is 24.2 Å². The fourth-order valence-corrected chi connectivity index (χ4v) is 7.01. The Morgan fingerprint density at radius 3 is 2.55 bits per heavy atom. The second kappa shape index (κ2) is 6.47. The number of sulfone groups is 1. The molecule has 1 aromatic heterocycles. The average Bonchev–Trinajstić information content (AvgIpc) is 3.38. The molecule has 0 N–H and O–H groups in total. The Hall–Kier alpha value is -2.58. The van der Waals surface area contributed by atoms with Gasteiger partial charge in [-0.05, 0) is 47.9 Å². The fourth-order valence-electron chi connectivity index (χ4n) is 4.26. The van der Waals surface area contributed by atoms with Crippen LogP contribution in [0.25, 0.3) is 11.1 Å². The zero-order valence-electron chi connectivity index (χ0n) is 15.5. The maximum absolute atomic E-state index is 13.2. The fraction of sp³-hybridized carbons (Fsp3) is 0.238. The van der Waals surface area contributed by atoms with Gasteiger partial charge in [0.05, 0.1) is 15.2 Å². The molecule has 1 saturated heterocycles. The zero-order valence-corrected chi connectivity index (χ0v) is 17.1. The third-order valence-electron chi connectivity index (χ3n) is 5.68. The predicted molar refractivity (Wildman–Crippen MR) is 108 cm³/mol. The lowest BCUT2D eigenvalue weighted by molar-refractivity contribution is 0.0785. The van der Waals surface area contributed by atoms with E-state index in [9.17, 15) is 17.6 Å². The topological polar surface area (TPSA) is 67.3 Å². The Balaban J connectivity index is 1.51. The summed E-state index contributed by atoms with van der Waals surface area (Å²) >= 11 is 1.40. The van der Waals surface area contributed by atoms with Gasteiger partial charge in [-0.1, -0.05) is 18.2 Å². The molecule has 2 aliphatic rings. The standard InChI is InChI=1S/C21H17FN2O3S2/c1-12-23-18(11-28-12)21(25)24-9-17-16-8-14(13-2-5-15(22)6-3-13)4-7-19(16)29(26,27)20(17)10-24/h2-8,11,17,20H,9-10H2,1H3/t17-,20-/m1/s1. The molecule has 0 unspecified atom stereocenters. The minimum absolute atomic E-state index is 0.170. The number of hydrogen-bond donors (Lipinski definition) is 0. The number of carbonyl (C=O) groups is 1. The van der Waals surface area contributed by atoms with E-state index in [1.807, 2.05) is 13.0 Å². The molecule has 1 fully saturated rings. The van der Waals surface area contributed by atoms with Crippen molar-refractivity contribution in [3.8, 4) is 11.1 Å². The summed E-state index contributed by atoms with van der Waals surface area (Å²) in [6, 6.07) is 11.4. The first-order valence-corrected chi connectivity index (χ1v) is 11.6. The molecule has 2 aromatic carbocycles. The molecule has 148 valence electrons. The highest BCUT2D eigenvalue weighted by Gasteiger charge is 2.51. The van der Waals surface area contributed by atoms with Crippen molar-refractivity contribution in [2.24, 2.45) is 0 Å². The van der Waals surface area contributed by atoms with Crippen LogP contribution in [0.1, 0.15) is 27.0 Å². The second-order valence-electron chi connectivity index (χ2n) is 7.41. The lowest BCUT2D eigenvalue weighted by Gasteiger charge is -2.17. The van der Waals surface area contributed by atoms with Crippen LogP contribution in [-0.2, 0) is 9.84 Å². The van der Waals surface area contributed by atoms with E-state index in [1.54, 1.807) is 34.5 Å². The minimum Gasteiger partial charge on any atom is -0.335 e. The van der Waals surface area contributed by atoms with Crippen LogP contribution in [-0.4, -0.2) is 42.5 Å². The summed E-state index contributed by atoms with van der Waals surface area (Å²) in [6.07, 6.45) is 0. The van der Waals surface area contributed by atoms with Gasteiger partial charge in [0.2, 0.25) is 0 Å². The monoisotopic (exact) mass is 428 g/mol. The number of halogens is 1. The number of aromatic nitrogens is 1. The summed E-state index contributed by atoms with van der Waals surface area (Å²) in [6.45, 7) is 2.35. The third-order valence-corrected chi connectivity index (χ3v) is 8.72. The SMILES string of the molecule is Cc1nc(C(=O)N2C[C@@H]3c4cc(-c5ccc(F)cc5)ccc4S(=O)(=O)[C@@H]3C2)cs1. The number of hydrogen-bond acceptors (Lipinski definition) is 5. The molecule has 0 radical (unpaired) electrons. The molecule has 1 amide bonds. The van der Waals surface area contributed by atoms with Crippen LogP contribution in [0, 0.1) is 12.7 Å². The van der Waals surface area contributed by atoms with E-state index < -0.39 is 15.1 Å². The molecule has 0 spiro atoms.